The van der Waals surface area contributed by atoms with Crippen LogP contribution in [0.2, 0.25) is 0 Å². The molecule has 2 aliphatic rings. The number of carbonyl (C=O) groups is 3. The predicted octanol–water partition coefficient (Wildman–Crippen LogP) is 1.82. The van der Waals surface area contributed by atoms with Crippen LogP contribution in [0, 0.1) is 0 Å². The number of carbonyl (C=O) groups excluding carboxylic acids is 3. The molecular weight excluding hydrogens is 378 g/mol. The number of amides is 2. The third kappa shape index (κ3) is 3.48. The fourth-order valence-electron chi connectivity index (χ4n) is 3.95. The summed E-state index contributed by atoms with van der Waals surface area (Å²) in [5.74, 6) is -0.339. The van der Waals surface area contributed by atoms with Crippen LogP contribution >= 0.6 is 11.8 Å². The lowest BCUT2D eigenvalue weighted by Gasteiger charge is -2.29. The largest absolute Gasteiger partial charge is 0.454 e. The van der Waals surface area contributed by atoms with Crippen molar-refractivity contribution in [2.24, 2.45) is 0 Å². The summed E-state index contributed by atoms with van der Waals surface area (Å²) < 4.78 is 5.18. The third-order valence-corrected chi connectivity index (χ3v) is 6.96. The zero-order chi connectivity index (χ0) is 19.7. The van der Waals surface area contributed by atoms with Gasteiger partial charge in [0.15, 0.2) is 6.61 Å². The number of aromatic amines is 1. The van der Waals surface area contributed by atoms with E-state index in [1.807, 2.05) is 37.4 Å². The molecule has 8 heteroatoms. The van der Waals surface area contributed by atoms with Crippen LogP contribution in [0.1, 0.15) is 25.3 Å². The summed E-state index contributed by atoms with van der Waals surface area (Å²) in [4.78, 5) is 41.0. The summed E-state index contributed by atoms with van der Waals surface area (Å²) in [6, 6.07) is 7.41. The molecule has 2 amide bonds. The fourth-order valence-corrected chi connectivity index (χ4v) is 5.37. The van der Waals surface area contributed by atoms with Gasteiger partial charge >= 0.3 is 5.97 Å². The van der Waals surface area contributed by atoms with Gasteiger partial charge in [-0.1, -0.05) is 18.2 Å². The highest BCUT2D eigenvalue weighted by atomic mass is 32.2. The molecule has 0 saturated carbocycles. The molecule has 2 saturated heterocycles. The fraction of sp³-hybridized carbons (Fsp3) is 0.450. The van der Waals surface area contributed by atoms with E-state index < -0.39 is 12.0 Å². The Labute approximate surface area is 167 Å². The van der Waals surface area contributed by atoms with Crippen LogP contribution in [0.25, 0.3) is 10.9 Å². The average Bonchev–Trinajstić information content (AvgIpc) is 3.34. The summed E-state index contributed by atoms with van der Waals surface area (Å²) >= 11 is 1.60. The zero-order valence-corrected chi connectivity index (χ0v) is 16.5. The SMILES string of the molecule is C[C@@]12CCC(=O)N1[C@@H](C(=O)OCC(=O)NCCc1c[nH]c3ccccc13)CS2. The first kappa shape index (κ1) is 18.9. The molecule has 0 radical (unpaired) electrons. The van der Waals surface area contributed by atoms with E-state index in [0.29, 0.717) is 25.1 Å². The van der Waals surface area contributed by atoms with Crippen LogP contribution in [0.3, 0.4) is 0 Å². The highest BCUT2D eigenvalue weighted by molar-refractivity contribution is 8.01. The van der Waals surface area contributed by atoms with E-state index >= 15 is 0 Å². The Morgan fingerprint density at radius 1 is 1.39 bits per heavy atom. The summed E-state index contributed by atoms with van der Waals surface area (Å²) in [6.45, 7) is 2.11. The van der Waals surface area contributed by atoms with Crippen molar-refractivity contribution < 1.29 is 19.1 Å². The standard InChI is InChI=1S/C20H23N3O4S/c1-20-8-6-18(25)23(20)16(12-28-20)19(26)27-11-17(24)21-9-7-13-10-22-15-5-3-2-4-14(13)15/h2-5,10,16,22H,6-9,11-12H2,1H3,(H,21,24)/t16-,20-/m1/s1. The number of hydrogen-bond donors (Lipinski definition) is 2. The summed E-state index contributed by atoms with van der Waals surface area (Å²) in [5.41, 5.74) is 2.19. The van der Waals surface area contributed by atoms with E-state index in [2.05, 4.69) is 10.3 Å². The van der Waals surface area contributed by atoms with Crippen LogP contribution < -0.4 is 5.32 Å². The van der Waals surface area contributed by atoms with Crippen molar-refractivity contribution in [1.82, 2.24) is 15.2 Å². The first-order valence-electron chi connectivity index (χ1n) is 9.42. The quantitative estimate of drug-likeness (QED) is 0.721. The molecule has 2 aromatic rings. The minimum atomic E-state index is -0.593. The molecule has 2 N–H and O–H groups in total. The number of rotatable bonds is 6. The molecule has 2 fully saturated rings. The smallest absolute Gasteiger partial charge is 0.330 e. The van der Waals surface area contributed by atoms with E-state index in [9.17, 15) is 14.4 Å². The molecular formula is C20H23N3O4S. The number of nitrogens with zero attached hydrogens (tertiary/aromatic N) is 1. The number of para-hydroxylation sites is 1. The first-order chi connectivity index (χ1) is 13.5. The highest BCUT2D eigenvalue weighted by Crippen LogP contribution is 2.47. The minimum Gasteiger partial charge on any atom is -0.454 e. The lowest BCUT2D eigenvalue weighted by Crippen LogP contribution is -2.47. The third-order valence-electron chi connectivity index (χ3n) is 5.45. The van der Waals surface area contributed by atoms with E-state index in [0.717, 1.165) is 22.9 Å². The second-order valence-corrected chi connectivity index (χ2v) is 8.83. The molecule has 7 nitrogen and oxygen atoms in total. The van der Waals surface area contributed by atoms with E-state index in [-0.39, 0.29) is 23.3 Å². The topological polar surface area (TPSA) is 91.5 Å². The summed E-state index contributed by atoms with van der Waals surface area (Å²) in [5, 5.41) is 3.92. The Hall–Kier alpha value is -2.48. The van der Waals surface area contributed by atoms with Gasteiger partial charge in [-0.15, -0.1) is 11.8 Å². The Balaban J connectivity index is 1.23. The number of H-pyrrole nitrogens is 1. The van der Waals surface area contributed by atoms with Gasteiger partial charge in [0.25, 0.3) is 5.91 Å². The number of fused-ring (bicyclic) bond motifs is 2. The van der Waals surface area contributed by atoms with Crippen molar-refractivity contribution in [1.29, 1.82) is 0 Å². The Morgan fingerprint density at radius 3 is 3.07 bits per heavy atom. The lowest BCUT2D eigenvalue weighted by atomic mass is 10.1. The Kier molecular flexibility index (Phi) is 5.05. The number of esters is 1. The molecule has 0 aliphatic carbocycles. The molecule has 4 rings (SSSR count). The van der Waals surface area contributed by atoms with Crippen LogP contribution in [-0.2, 0) is 25.5 Å². The molecule has 3 heterocycles. The summed E-state index contributed by atoms with van der Waals surface area (Å²) in [7, 11) is 0. The molecule has 2 aliphatic heterocycles. The second kappa shape index (κ2) is 7.50. The number of ether oxygens (including phenoxy) is 1. The van der Waals surface area contributed by atoms with Crippen LogP contribution in [-0.4, -0.2) is 57.5 Å². The van der Waals surface area contributed by atoms with Gasteiger partial charge in [0, 0.05) is 35.8 Å². The molecule has 1 aromatic carbocycles. The van der Waals surface area contributed by atoms with Crippen molar-refractivity contribution in [3.63, 3.8) is 0 Å². The number of nitrogens with one attached hydrogen (secondary N) is 2. The summed E-state index contributed by atoms with van der Waals surface area (Å²) in [6.07, 6.45) is 3.83. The lowest BCUT2D eigenvalue weighted by molar-refractivity contribution is -0.156. The monoisotopic (exact) mass is 401 g/mol. The van der Waals surface area contributed by atoms with Crippen molar-refractivity contribution in [2.45, 2.75) is 37.1 Å². The molecule has 28 heavy (non-hydrogen) atoms. The van der Waals surface area contributed by atoms with Gasteiger partial charge in [-0.3, -0.25) is 9.59 Å². The number of thioether (sulfide) groups is 1. The van der Waals surface area contributed by atoms with E-state index in [1.165, 1.54) is 0 Å². The average molecular weight is 401 g/mol. The van der Waals surface area contributed by atoms with Crippen molar-refractivity contribution in [3.8, 4) is 0 Å². The molecule has 0 spiro atoms. The highest BCUT2D eigenvalue weighted by Gasteiger charge is 2.53. The molecule has 0 unspecified atom stereocenters. The normalized spacial score (nSPS) is 23.8. The van der Waals surface area contributed by atoms with Gasteiger partial charge in [0.1, 0.15) is 6.04 Å². The van der Waals surface area contributed by atoms with E-state index in [1.54, 1.807) is 16.7 Å². The minimum absolute atomic E-state index is 0.0161. The van der Waals surface area contributed by atoms with E-state index in [4.69, 9.17) is 4.74 Å². The maximum absolute atomic E-state index is 12.4. The Bertz CT molecular complexity index is 927. The molecule has 1 aromatic heterocycles. The molecule has 2 atom stereocenters. The maximum Gasteiger partial charge on any atom is 0.330 e. The van der Waals surface area contributed by atoms with Gasteiger partial charge in [0.2, 0.25) is 5.91 Å². The van der Waals surface area contributed by atoms with Crippen molar-refractivity contribution >= 4 is 40.4 Å². The predicted molar refractivity (Wildman–Crippen MR) is 107 cm³/mol. The number of aromatic nitrogens is 1. The van der Waals surface area contributed by atoms with Gasteiger partial charge in [0.05, 0.1) is 4.87 Å². The van der Waals surface area contributed by atoms with Gasteiger partial charge in [-0.2, -0.15) is 0 Å². The van der Waals surface area contributed by atoms with Crippen LogP contribution in [0.15, 0.2) is 30.5 Å². The van der Waals surface area contributed by atoms with Crippen molar-refractivity contribution in [3.05, 3.63) is 36.0 Å². The molecule has 148 valence electrons. The first-order valence-corrected chi connectivity index (χ1v) is 10.4. The number of benzene rings is 1. The second-order valence-electron chi connectivity index (χ2n) is 7.33. The van der Waals surface area contributed by atoms with Crippen LogP contribution in [0.5, 0.6) is 0 Å². The van der Waals surface area contributed by atoms with Gasteiger partial charge in [-0.25, -0.2) is 4.79 Å². The number of hydrogen-bond acceptors (Lipinski definition) is 5. The molecule has 0 bridgehead atoms. The Morgan fingerprint density at radius 2 is 2.21 bits per heavy atom. The zero-order valence-electron chi connectivity index (χ0n) is 15.7. The van der Waals surface area contributed by atoms with Gasteiger partial charge < -0.3 is 19.9 Å². The maximum atomic E-state index is 12.4. The van der Waals surface area contributed by atoms with Crippen molar-refractivity contribution in [2.75, 3.05) is 18.9 Å². The van der Waals surface area contributed by atoms with Crippen LogP contribution in [0.4, 0.5) is 0 Å². The van der Waals surface area contributed by atoms with Gasteiger partial charge in [-0.05, 0) is 31.4 Å².